The van der Waals surface area contributed by atoms with Crippen LogP contribution in [0.1, 0.15) is 46.0 Å². The van der Waals surface area contributed by atoms with E-state index in [1.807, 2.05) is 0 Å². The molecule has 170 valence electrons. The summed E-state index contributed by atoms with van der Waals surface area (Å²) in [6.45, 7) is 3.19. The number of nitrogens with two attached hydrogens (primary N) is 2. The number of anilines is 1. The van der Waals surface area contributed by atoms with Crippen LogP contribution in [-0.4, -0.2) is 43.2 Å². The number of benzene rings is 1. The summed E-state index contributed by atoms with van der Waals surface area (Å²) in [6, 6.07) is 6.17. The second-order valence-electron chi connectivity index (χ2n) is 10.2. The largest absolute Gasteiger partial charge is 0.398 e. The lowest BCUT2D eigenvalue weighted by Gasteiger charge is -2.59. The predicted octanol–water partition coefficient (Wildman–Crippen LogP) is 1.46. The third-order valence-corrected chi connectivity index (χ3v) is 10.1. The zero-order valence-electron chi connectivity index (χ0n) is 18.3. The fourth-order valence-corrected chi connectivity index (χ4v) is 7.79. The van der Waals surface area contributed by atoms with E-state index in [0.29, 0.717) is 18.8 Å². The molecule has 0 aliphatic heterocycles. The molecule has 0 saturated heterocycles. The molecule has 1 aromatic carbocycles. The number of hydrogen-bond donors (Lipinski definition) is 3. The number of rotatable bonds is 6. The highest BCUT2D eigenvalue weighted by molar-refractivity contribution is 7.89. The lowest BCUT2D eigenvalue weighted by atomic mass is 9.47. The van der Waals surface area contributed by atoms with E-state index in [1.54, 1.807) is 26.0 Å². The van der Waals surface area contributed by atoms with Crippen LogP contribution in [0.2, 0.25) is 0 Å². The highest BCUT2D eigenvalue weighted by Crippen LogP contribution is 2.60. The topological polar surface area (TPSA) is 136 Å². The Morgan fingerprint density at radius 1 is 1.13 bits per heavy atom. The van der Waals surface area contributed by atoms with E-state index in [1.165, 1.54) is 19.2 Å². The SMILES string of the molecule is CN(C(C)(C)C(=O)NC1C2CC3CC1CC(C(N)=O)(C3)C2)S(=O)(=O)c1ccccc1N. The number of amides is 2. The molecule has 4 saturated carbocycles. The molecule has 0 radical (unpaired) electrons. The Hall–Kier alpha value is -2.13. The third-order valence-electron chi connectivity index (χ3n) is 7.99. The maximum absolute atomic E-state index is 13.3. The summed E-state index contributed by atoms with van der Waals surface area (Å²) in [7, 11) is -2.57. The van der Waals surface area contributed by atoms with Gasteiger partial charge in [-0.25, -0.2) is 8.42 Å². The molecule has 5 rings (SSSR count). The predicted molar refractivity (Wildman–Crippen MR) is 117 cm³/mol. The Morgan fingerprint density at radius 2 is 1.71 bits per heavy atom. The van der Waals surface area contributed by atoms with E-state index in [4.69, 9.17) is 11.5 Å². The Bertz CT molecular complexity index is 1010. The van der Waals surface area contributed by atoms with E-state index < -0.39 is 21.0 Å². The molecule has 1 aromatic rings. The van der Waals surface area contributed by atoms with Gasteiger partial charge in [-0.15, -0.1) is 0 Å². The van der Waals surface area contributed by atoms with Crippen molar-refractivity contribution in [2.75, 3.05) is 12.8 Å². The number of likely N-dealkylation sites (N-methyl/N-ethyl adjacent to an activating group) is 1. The molecule has 31 heavy (non-hydrogen) atoms. The van der Waals surface area contributed by atoms with Crippen LogP contribution in [-0.2, 0) is 19.6 Å². The Labute approximate surface area is 183 Å². The van der Waals surface area contributed by atoms with Gasteiger partial charge in [0.15, 0.2) is 0 Å². The lowest BCUT2D eigenvalue weighted by Crippen LogP contribution is -2.65. The monoisotopic (exact) mass is 448 g/mol. The lowest BCUT2D eigenvalue weighted by molar-refractivity contribution is -0.148. The number of carbonyl (C=O) groups is 2. The van der Waals surface area contributed by atoms with Gasteiger partial charge in [-0.1, -0.05) is 12.1 Å². The van der Waals surface area contributed by atoms with Crippen LogP contribution in [0.3, 0.4) is 0 Å². The minimum atomic E-state index is -3.97. The van der Waals surface area contributed by atoms with Gasteiger partial charge >= 0.3 is 0 Å². The van der Waals surface area contributed by atoms with Gasteiger partial charge in [0.1, 0.15) is 10.4 Å². The summed E-state index contributed by atoms with van der Waals surface area (Å²) < 4.78 is 27.4. The number of nitrogen functional groups attached to an aromatic ring is 1. The number of carbonyl (C=O) groups excluding carboxylic acids is 2. The highest BCUT2D eigenvalue weighted by atomic mass is 32.2. The second-order valence-corrected chi connectivity index (χ2v) is 12.1. The first kappa shape index (κ1) is 22.1. The van der Waals surface area contributed by atoms with Crippen molar-refractivity contribution in [3.05, 3.63) is 24.3 Å². The molecule has 2 amide bonds. The van der Waals surface area contributed by atoms with Gasteiger partial charge in [-0.3, -0.25) is 9.59 Å². The van der Waals surface area contributed by atoms with Crippen LogP contribution in [0.5, 0.6) is 0 Å². The summed E-state index contributed by atoms with van der Waals surface area (Å²) in [5, 5.41) is 3.15. The van der Waals surface area contributed by atoms with Crippen LogP contribution in [0, 0.1) is 23.2 Å². The minimum Gasteiger partial charge on any atom is -0.398 e. The van der Waals surface area contributed by atoms with Gasteiger partial charge in [0.25, 0.3) is 0 Å². The summed E-state index contributed by atoms with van der Waals surface area (Å²) in [5.74, 6) is 0.313. The molecule has 0 heterocycles. The molecule has 4 aliphatic carbocycles. The van der Waals surface area contributed by atoms with Crippen molar-refractivity contribution in [1.82, 2.24) is 9.62 Å². The molecule has 2 atom stereocenters. The normalized spacial score (nSPS) is 32.3. The van der Waals surface area contributed by atoms with Crippen molar-refractivity contribution in [3.8, 4) is 0 Å². The fraction of sp³-hybridized carbons (Fsp3) is 0.636. The molecular weight excluding hydrogens is 416 g/mol. The summed E-state index contributed by atoms with van der Waals surface area (Å²) in [4.78, 5) is 25.5. The van der Waals surface area contributed by atoms with Gasteiger partial charge in [-0.05, 0) is 75.8 Å². The van der Waals surface area contributed by atoms with Crippen LogP contribution < -0.4 is 16.8 Å². The van der Waals surface area contributed by atoms with Crippen molar-refractivity contribution in [2.24, 2.45) is 28.9 Å². The Kier molecular flexibility index (Phi) is 5.13. The first-order valence-corrected chi connectivity index (χ1v) is 12.3. The van der Waals surface area contributed by atoms with Crippen LogP contribution in [0.25, 0.3) is 0 Å². The Morgan fingerprint density at radius 3 is 2.26 bits per heavy atom. The van der Waals surface area contributed by atoms with E-state index in [2.05, 4.69) is 5.32 Å². The number of para-hydroxylation sites is 1. The Balaban J connectivity index is 1.53. The van der Waals surface area contributed by atoms with Crippen molar-refractivity contribution in [3.63, 3.8) is 0 Å². The maximum atomic E-state index is 13.3. The smallest absolute Gasteiger partial charge is 0.245 e. The molecule has 9 heteroatoms. The number of primary amides is 1. The number of hydrogen-bond acceptors (Lipinski definition) is 5. The first-order valence-electron chi connectivity index (χ1n) is 10.8. The average Bonchev–Trinajstić information content (AvgIpc) is 2.69. The van der Waals surface area contributed by atoms with E-state index in [-0.39, 0.29) is 40.3 Å². The second kappa shape index (κ2) is 7.20. The highest BCUT2D eigenvalue weighted by Gasteiger charge is 2.58. The molecule has 2 unspecified atom stereocenters. The molecule has 5 N–H and O–H groups in total. The molecular formula is C22H32N4O4S. The zero-order chi connectivity index (χ0) is 22.8. The molecule has 8 nitrogen and oxygen atoms in total. The van der Waals surface area contributed by atoms with Gasteiger partial charge in [0.2, 0.25) is 21.8 Å². The number of nitrogens with zero attached hydrogens (tertiary/aromatic N) is 1. The first-order chi connectivity index (χ1) is 14.4. The molecule has 4 aliphatic rings. The van der Waals surface area contributed by atoms with E-state index in [9.17, 15) is 18.0 Å². The quantitative estimate of drug-likeness (QED) is 0.566. The van der Waals surface area contributed by atoms with E-state index in [0.717, 1.165) is 23.6 Å². The van der Waals surface area contributed by atoms with Crippen LogP contribution in [0.4, 0.5) is 5.69 Å². The molecule has 0 aromatic heterocycles. The van der Waals surface area contributed by atoms with Crippen molar-refractivity contribution in [1.29, 1.82) is 0 Å². The molecule has 4 bridgehead atoms. The van der Waals surface area contributed by atoms with Crippen LogP contribution in [0.15, 0.2) is 29.2 Å². The summed E-state index contributed by atoms with van der Waals surface area (Å²) >= 11 is 0. The van der Waals surface area contributed by atoms with Gasteiger partial charge in [0.05, 0.1) is 5.69 Å². The van der Waals surface area contributed by atoms with Gasteiger partial charge in [0, 0.05) is 18.5 Å². The summed E-state index contributed by atoms with van der Waals surface area (Å²) in [5.41, 5.74) is 10.0. The minimum absolute atomic E-state index is 0.0172. The average molecular weight is 449 g/mol. The van der Waals surface area contributed by atoms with Crippen molar-refractivity contribution < 1.29 is 18.0 Å². The summed E-state index contributed by atoms with van der Waals surface area (Å²) in [6.07, 6.45) is 4.23. The van der Waals surface area contributed by atoms with Gasteiger partial charge < -0.3 is 16.8 Å². The van der Waals surface area contributed by atoms with Crippen molar-refractivity contribution >= 4 is 27.5 Å². The van der Waals surface area contributed by atoms with Gasteiger partial charge in [-0.2, -0.15) is 4.31 Å². The van der Waals surface area contributed by atoms with E-state index >= 15 is 0 Å². The molecule has 4 fully saturated rings. The zero-order valence-corrected chi connectivity index (χ0v) is 19.1. The maximum Gasteiger partial charge on any atom is 0.245 e. The number of nitrogens with one attached hydrogen (secondary N) is 1. The third kappa shape index (κ3) is 3.42. The standard InChI is InChI=1S/C22H32N4O4S/c1-21(2,26(3)31(29,30)17-7-5-4-6-16(17)23)20(28)25-18-14-8-13-9-15(18)12-22(10-13,11-14)19(24)27/h4-7,13-15,18H,8-12,23H2,1-3H3,(H2,24,27)(H,25,28). The fourth-order valence-electron chi connectivity index (χ4n) is 6.20. The molecule has 0 spiro atoms. The van der Waals surface area contributed by atoms with Crippen LogP contribution >= 0.6 is 0 Å². The number of sulfonamides is 1. The van der Waals surface area contributed by atoms with Crippen molar-refractivity contribution in [2.45, 2.75) is 62.4 Å².